The van der Waals surface area contributed by atoms with Gasteiger partial charge < -0.3 is 4.90 Å². The van der Waals surface area contributed by atoms with Crippen LogP contribution in [0.4, 0.5) is 0 Å². The van der Waals surface area contributed by atoms with E-state index in [9.17, 15) is 13.2 Å². The average molecular weight is 450 g/mol. The summed E-state index contributed by atoms with van der Waals surface area (Å²) in [6.07, 6.45) is 8.13. The fourth-order valence-electron chi connectivity index (χ4n) is 4.16. The van der Waals surface area contributed by atoms with Crippen molar-refractivity contribution in [3.8, 4) is 0 Å². The molecule has 10 heteroatoms. The maximum Gasteiger partial charge on any atom is 0.241 e. The van der Waals surface area contributed by atoms with Gasteiger partial charge in [0.15, 0.2) is 9.84 Å². The number of hydrogen-bond acceptors (Lipinski definition) is 7. The Morgan fingerprint density at radius 3 is 2.57 bits per heavy atom. The maximum absolute atomic E-state index is 13.0. The summed E-state index contributed by atoms with van der Waals surface area (Å²) in [5.41, 5.74) is 7.94. The highest BCUT2D eigenvalue weighted by Crippen LogP contribution is 2.33. The highest BCUT2D eigenvalue weighted by molar-refractivity contribution is 7.90. The van der Waals surface area contributed by atoms with Crippen molar-refractivity contribution < 1.29 is 13.2 Å². The summed E-state index contributed by atoms with van der Waals surface area (Å²) in [4.78, 5) is 23.3. The molecule has 0 aromatic carbocycles. The van der Waals surface area contributed by atoms with E-state index in [1.54, 1.807) is 12.4 Å². The quantitative estimate of drug-likeness (QED) is 0.733. The van der Waals surface area contributed by atoms with E-state index in [4.69, 9.17) is 11.6 Å². The van der Waals surface area contributed by atoms with Crippen molar-refractivity contribution >= 4 is 27.3 Å². The van der Waals surface area contributed by atoms with Gasteiger partial charge in [0.2, 0.25) is 5.91 Å². The van der Waals surface area contributed by atoms with Gasteiger partial charge in [-0.2, -0.15) is 0 Å². The zero-order chi connectivity index (χ0) is 21.3. The molecule has 4 heterocycles. The number of amides is 1. The first-order valence-corrected chi connectivity index (χ1v) is 12.1. The fourth-order valence-corrected chi connectivity index (χ4v) is 5.32. The van der Waals surface area contributed by atoms with Gasteiger partial charge in [-0.25, -0.2) is 19.3 Å². The number of hydrogen-bond donors (Lipinski definition) is 2. The van der Waals surface area contributed by atoms with E-state index in [0.29, 0.717) is 43.1 Å². The second kappa shape index (κ2) is 8.58. The van der Waals surface area contributed by atoms with Crippen LogP contribution >= 0.6 is 11.6 Å². The van der Waals surface area contributed by atoms with Gasteiger partial charge in [0.25, 0.3) is 0 Å². The zero-order valence-electron chi connectivity index (χ0n) is 16.6. The molecule has 2 unspecified atom stereocenters. The number of nitrogens with zero attached hydrogens (tertiary/aromatic N) is 3. The molecule has 0 bridgehead atoms. The van der Waals surface area contributed by atoms with E-state index in [1.165, 1.54) is 18.5 Å². The molecule has 2 N–H and O–H groups in total. The lowest BCUT2D eigenvalue weighted by Crippen LogP contribution is -2.48. The molecule has 8 nitrogen and oxygen atoms in total. The molecule has 2 aromatic rings. The van der Waals surface area contributed by atoms with Crippen LogP contribution < -0.4 is 10.9 Å². The first-order valence-electron chi connectivity index (χ1n) is 9.88. The lowest BCUT2D eigenvalue weighted by Gasteiger charge is -2.33. The largest absolute Gasteiger partial charge is 0.341 e. The number of nitrogens with one attached hydrogen (secondary N) is 2. The number of likely N-dealkylation sites (tertiary alicyclic amines) is 1. The average Bonchev–Trinajstić information content (AvgIpc) is 3.24. The van der Waals surface area contributed by atoms with Crippen molar-refractivity contribution in [2.24, 2.45) is 0 Å². The number of piperidine rings is 1. The van der Waals surface area contributed by atoms with Gasteiger partial charge in [-0.15, -0.1) is 0 Å². The molecule has 1 amide bonds. The second-order valence-corrected chi connectivity index (χ2v) is 10.2. The Labute approximate surface area is 180 Å². The molecule has 0 radical (unpaired) electrons. The van der Waals surface area contributed by atoms with Crippen molar-refractivity contribution in [3.05, 3.63) is 53.1 Å². The molecule has 160 valence electrons. The molecule has 2 aromatic heterocycles. The third kappa shape index (κ3) is 4.49. The molecular weight excluding hydrogens is 426 g/mol. The van der Waals surface area contributed by atoms with Crippen LogP contribution in [0.3, 0.4) is 0 Å². The first-order chi connectivity index (χ1) is 14.3. The number of carbonyl (C=O) groups is 1. The van der Waals surface area contributed by atoms with Gasteiger partial charge in [-0.1, -0.05) is 11.6 Å². The highest BCUT2D eigenvalue weighted by Gasteiger charge is 2.35. The van der Waals surface area contributed by atoms with Crippen molar-refractivity contribution in [1.29, 1.82) is 0 Å². The van der Waals surface area contributed by atoms with Crippen molar-refractivity contribution in [2.75, 3.05) is 19.3 Å². The minimum absolute atomic E-state index is 0.0183. The van der Waals surface area contributed by atoms with Crippen LogP contribution in [0, 0.1) is 0 Å². The molecule has 2 fully saturated rings. The van der Waals surface area contributed by atoms with E-state index in [-0.39, 0.29) is 28.8 Å². The summed E-state index contributed by atoms with van der Waals surface area (Å²) in [7, 11) is -3.43. The van der Waals surface area contributed by atoms with Gasteiger partial charge in [0, 0.05) is 49.9 Å². The highest BCUT2D eigenvalue weighted by atomic mass is 35.5. The predicted molar refractivity (Wildman–Crippen MR) is 113 cm³/mol. The normalized spacial score (nSPS) is 22.9. The van der Waals surface area contributed by atoms with Crippen LogP contribution in [0.1, 0.15) is 42.5 Å². The second-order valence-electron chi connectivity index (χ2n) is 7.82. The van der Waals surface area contributed by atoms with Crippen LogP contribution in [0.2, 0.25) is 5.02 Å². The van der Waals surface area contributed by atoms with Crippen molar-refractivity contribution in [3.63, 3.8) is 0 Å². The minimum Gasteiger partial charge on any atom is -0.341 e. The molecule has 2 aliphatic heterocycles. The topological polar surface area (TPSA) is 104 Å². The summed E-state index contributed by atoms with van der Waals surface area (Å²) in [5, 5.41) is 0.301. The molecule has 2 aliphatic rings. The number of carbonyl (C=O) groups excluding carboxylic acids is 1. The summed E-state index contributed by atoms with van der Waals surface area (Å²) < 4.78 is 24.3. The van der Waals surface area contributed by atoms with Gasteiger partial charge in [0.05, 0.1) is 15.6 Å². The Kier molecular flexibility index (Phi) is 6.06. The molecule has 2 saturated heterocycles. The van der Waals surface area contributed by atoms with Gasteiger partial charge in [-0.3, -0.25) is 14.8 Å². The molecule has 0 spiro atoms. The Hall–Kier alpha value is -2.07. The summed E-state index contributed by atoms with van der Waals surface area (Å²) in [6.45, 7) is 1.13. The molecule has 4 rings (SSSR count). The molecule has 0 saturated carbocycles. The summed E-state index contributed by atoms with van der Waals surface area (Å²) >= 11 is 5.96. The van der Waals surface area contributed by atoms with E-state index in [2.05, 4.69) is 20.8 Å². The Morgan fingerprint density at radius 2 is 1.90 bits per heavy atom. The SMILES string of the molecule is CS(=O)(=O)c1cc(Cl)cnc1C1CCN(C(=O)C2CC(c3ccncc3)NN2)CC1. The summed E-state index contributed by atoms with van der Waals surface area (Å²) in [6, 6.07) is 5.12. The number of halogens is 1. The maximum atomic E-state index is 13.0. The minimum atomic E-state index is -3.43. The molecule has 2 atom stereocenters. The third-order valence-corrected chi connectivity index (χ3v) is 7.08. The Balaban J connectivity index is 1.39. The molecule has 30 heavy (non-hydrogen) atoms. The van der Waals surface area contributed by atoms with Crippen LogP contribution in [0.15, 0.2) is 41.7 Å². The van der Waals surface area contributed by atoms with Crippen LogP contribution in [0.5, 0.6) is 0 Å². The lowest BCUT2D eigenvalue weighted by molar-refractivity contribution is -0.134. The van der Waals surface area contributed by atoms with Crippen molar-refractivity contribution in [1.82, 2.24) is 25.7 Å². The molecule has 0 aliphatic carbocycles. The first kappa shape index (κ1) is 21.2. The number of pyridine rings is 2. The van der Waals surface area contributed by atoms with Gasteiger partial charge in [0.1, 0.15) is 6.04 Å². The standard InChI is InChI=1S/C20H24ClN5O3S/c1-30(28,29)18-10-15(21)12-23-19(18)14-4-8-26(9-5-14)20(27)17-11-16(24-25-17)13-2-6-22-7-3-13/h2-3,6-7,10,12,14,16-17,24-25H,4-5,8-9,11H2,1H3. The smallest absolute Gasteiger partial charge is 0.241 e. The number of rotatable bonds is 4. The molecular formula is C20H24ClN5O3S. The zero-order valence-corrected chi connectivity index (χ0v) is 18.2. The number of hydrazine groups is 1. The van der Waals surface area contributed by atoms with Gasteiger partial charge in [-0.05, 0) is 43.0 Å². The van der Waals surface area contributed by atoms with Gasteiger partial charge >= 0.3 is 0 Å². The number of sulfone groups is 1. The Morgan fingerprint density at radius 1 is 1.20 bits per heavy atom. The van der Waals surface area contributed by atoms with E-state index >= 15 is 0 Å². The fraction of sp³-hybridized carbons (Fsp3) is 0.450. The Bertz CT molecular complexity index is 1030. The van der Waals surface area contributed by atoms with Crippen LogP contribution in [-0.4, -0.2) is 54.6 Å². The third-order valence-electron chi connectivity index (χ3n) is 5.75. The summed E-state index contributed by atoms with van der Waals surface area (Å²) in [5.74, 6) is 0.0418. The van der Waals surface area contributed by atoms with E-state index in [1.807, 2.05) is 17.0 Å². The predicted octanol–water partition coefficient (Wildman–Crippen LogP) is 1.85. The van der Waals surface area contributed by atoms with Crippen LogP contribution in [0.25, 0.3) is 0 Å². The van der Waals surface area contributed by atoms with E-state index < -0.39 is 9.84 Å². The van der Waals surface area contributed by atoms with Crippen molar-refractivity contribution in [2.45, 2.75) is 42.2 Å². The monoisotopic (exact) mass is 449 g/mol. The lowest BCUT2D eigenvalue weighted by atomic mass is 9.92. The van der Waals surface area contributed by atoms with E-state index in [0.717, 1.165) is 5.56 Å². The number of aromatic nitrogens is 2. The van der Waals surface area contributed by atoms with Crippen LogP contribution in [-0.2, 0) is 14.6 Å².